The van der Waals surface area contributed by atoms with Gasteiger partial charge in [-0.3, -0.25) is 0 Å². The second kappa shape index (κ2) is 7.14. The summed E-state index contributed by atoms with van der Waals surface area (Å²) in [6.45, 7) is 0.787. The lowest BCUT2D eigenvalue weighted by atomic mass is 10.2. The van der Waals surface area contributed by atoms with Crippen molar-refractivity contribution >= 4 is 17.6 Å². The quantitative estimate of drug-likeness (QED) is 0.199. The van der Waals surface area contributed by atoms with Gasteiger partial charge in [-0.1, -0.05) is 17.3 Å². The standard InChI is InChI=1S/C11H16N2O2S/c1-15-7-2-8-16-10-5-3-9(4-6-10)11(12)13-14/h3-6,14H,2,7-8H2,1H3,(H2,12,13). The molecule has 0 radical (unpaired) electrons. The summed E-state index contributed by atoms with van der Waals surface area (Å²) in [4.78, 5) is 1.17. The van der Waals surface area contributed by atoms with Gasteiger partial charge < -0.3 is 15.7 Å². The molecule has 0 saturated carbocycles. The van der Waals surface area contributed by atoms with Crippen LogP contribution < -0.4 is 5.73 Å². The minimum atomic E-state index is 0.135. The number of nitrogens with zero attached hydrogens (tertiary/aromatic N) is 1. The van der Waals surface area contributed by atoms with Crippen molar-refractivity contribution in [3.8, 4) is 0 Å². The summed E-state index contributed by atoms with van der Waals surface area (Å²) in [7, 11) is 1.70. The van der Waals surface area contributed by atoms with E-state index in [0.29, 0.717) is 0 Å². The third kappa shape index (κ3) is 4.12. The van der Waals surface area contributed by atoms with Crippen molar-refractivity contribution in [2.24, 2.45) is 10.9 Å². The number of nitrogens with two attached hydrogens (primary N) is 1. The summed E-state index contributed by atoms with van der Waals surface area (Å²) in [5.74, 6) is 1.16. The summed E-state index contributed by atoms with van der Waals surface area (Å²) < 4.78 is 4.97. The zero-order chi connectivity index (χ0) is 11.8. The Labute approximate surface area is 99.5 Å². The predicted molar refractivity (Wildman–Crippen MR) is 66.2 cm³/mol. The van der Waals surface area contributed by atoms with E-state index in [1.165, 1.54) is 4.90 Å². The highest BCUT2D eigenvalue weighted by atomic mass is 32.2. The summed E-state index contributed by atoms with van der Waals surface area (Å²) in [5.41, 5.74) is 6.19. The van der Waals surface area contributed by atoms with E-state index in [0.717, 1.165) is 24.3 Å². The molecule has 4 nitrogen and oxygen atoms in total. The number of hydrogen-bond donors (Lipinski definition) is 2. The van der Waals surface area contributed by atoms with Crippen molar-refractivity contribution < 1.29 is 9.94 Å². The van der Waals surface area contributed by atoms with Gasteiger partial charge in [0.25, 0.3) is 0 Å². The summed E-state index contributed by atoms with van der Waals surface area (Å²) in [6, 6.07) is 7.61. The van der Waals surface area contributed by atoms with E-state index in [4.69, 9.17) is 15.7 Å². The number of oxime groups is 1. The molecule has 0 aliphatic heterocycles. The Bertz CT molecular complexity index is 338. The van der Waals surface area contributed by atoms with Crippen molar-refractivity contribution in [3.05, 3.63) is 29.8 Å². The molecule has 16 heavy (non-hydrogen) atoms. The third-order valence-corrected chi connectivity index (χ3v) is 3.12. The molecule has 5 heteroatoms. The molecule has 0 atom stereocenters. The van der Waals surface area contributed by atoms with Gasteiger partial charge >= 0.3 is 0 Å². The van der Waals surface area contributed by atoms with Crippen LogP contribution in [0.25, 0.3) is 0 Å². The Hall–Kier alpha value is -1.20. The number of hydrogen-bond acceptors (Lipinski definition) is 4. The van der Waals surface area contributed by atoms with Crippen LogP contribution in [0.4, 0.5) is 0 Å². The highest BCUT2D eigenvalue weighted by Crippen LogP contribution is 2.19. The van der Waals surface area contributed by atoms with Crippen LogP contribution in [0.15, 0.2) is 34.3 Å². The summed E-state index contributed by atoms with van der Waals surface area (Å²) in [5, 5.41) is 11.4. The summed E-state index contributed by atoms with van der Waals surface area (Å²) in [6.07, 6.45) is 1.03. The van der Waals surface area contributed by atoms with Crippen LogP contribution in [0.5, 0.6) is 0 Å². The first-order valence-electron chi connectivity index (χ1n) is 4.97. The molecule has 88 valence electrons. The van der Waals surface area contributed by atoms with Gasteiger partial charge in [-0.15, -0.1) is 11.8 Å². The number of thioether (sulfide) groups is 1. The van der Waals surface area contributed by atoms with Crippen LogP contribution in [0.2, 0.25) is 0 Å². The molecule has 0 fully saturated rings. The van der Waals surface area contributed by atoms with Crippen molar-refractivity contribution in [1.29, 1.82) is 0 Å². The molecule has 0 aliphatic rings. The fraction of sp³-hybridized carbons (Fsp3) is 0.364. The molecule has 0 aliphatic carbocycles. The molecule has 0 spiro atoms. The first kappa shape index (κ1) is 12.9. The number of methoxy groups -OCH3 is 1. The molecule has 3 N–H and O–H groups in total. The van der Waals surface area contributed by atoms with E-state index in [1.54, 1.807) is 18.9 Å². The Morgan fingerprint density at radius 1 is 1.44 bits per heavy atom. The largest absolute Gasteiger partial charge is 0.409 e. The second-order valence-electron chi connectivity index (χ2n) is 3.20. The summed E-state index contributed by atoms with van der Waals surface area (Å²) >= 11 is 1.77. The lowest BCUT2D eigenvalue weighted by Crippen LogP contribution is -2.12. The molecule has 0 bridgehead atoms. The first-order valence-corrected chi connectivity index (χ1v) is 5.96. The SMILES string of the molecule is COCCCSc1ccc(C(N)=NO)cc1. The molecule has 1 aromatic carbocycles. The maximum Gasteiger partial charge on any atom is 0.170 e. The number of benzene rings is 1. The first-order chi connectivity index (χ1) is 7.77. The van der Waals surface area contributed by atoms with Crippen LogP contribution in [-0.4, -0.2) is 30.5 Å². The van der Waals surface area contributed by atoms with Crippen LogP contribution in [-0.2, 0) is 4.74 Å². The molecule has 0 heterocycles. The normalized spacial score (nSPS) is 11.7. The lowest BCUT2D eigenvalue weighted by molar-refractivity contribution is 0.200. The second-order valence-corrected chi connectivity index (χ2v) is 4.37. The van der Waals surface area contributed by atoms with Gasteiger partial charge in [0.15, 0.2) is 5.84 Å². The zero-order valence-corrected chi connectivity index (χ0v) is 10.0. The zero-order valence-electron chi connectivity index (χ0n) is 9.22. The van der Waals surface area contributed by atoms with E-state index in [9.17, 15) is 0 Å². The van der Waals surface area contributed by atoms with E-state index in [1.807, 2.05) is 24.3 Å². The van der Waals surface area contributed by atoms with Crippen molar-refractivity contribution in [2.45, 2.75) is 11.3 Å². The monoisotopic (exact) mass is 240 g/mol. The minimum Gasteiger partial charge on any atom is -0.409 e. The Balaban J connectivity index is 2.45. The fourth-order valence-corrected chi connectivity index (χ4v) is 2.00. The maximum atomic E-state index is 8.50. The molecule has 1 aromatic rings. The Morgan fingerprint density at radius 3 is 2.69 bits per heavy atom. The lowest BCUT2D eigenvalue weighted by Gasteiger charge is -2.03. The maximum absolute atomic E-state index is 8.50. The van der Waals surface area contributed by atoms with Crippen LogP contribution >= 0.6 is 11.8 Å². The molecule has 0 unspecified atom stereocenters. The van der Waals surface area contributed by atoms with Gasteiger partial charge in [-0.25, -0.2) is 0 Å². The van der Waals surface area contributed by atoms with Gasteiger partial charge in [0.1, 0.15) is 0 Å². The smallest absolute Gasteiger partial charge is 0.170 e. The van der Waals surface area contributed by atoms with Crippen LogP contribution in [0, 0.1) is 0 Å². The van der Waals surface area contributed by atoms with Gasteiger partial charge in [-0.05, 0) is 18.6 Å². The van der Waals surface area contributed by atoms with Crippen molar-refractivity contribution in [2.75, 3.05) is 19.5 Å². The number of ether oxygens (including phenoxy) is 1. The number of rotatable bonds is 6. The molecule has 0 saturated heterocycles. The highest BCUT2D eigenvalue weighted by molar-refractivity contribution is 7.99. The van der Waals surface area contributed by atoms with Crippen LogP contribution in [0.1, 0.15) is 12.0 Å². The topological polar surface area (TPSA) is 67.8 Å². The molecule has 1 rings (SSSR count). The van der Waals surface area contributed by atoms with E-state index < -0.39 is 0 Å². The molecular formula is C11H16N2O2S. The van der Waals surface area contributed by atoms with Gasteiger partial charge in [0.05, 0.1) is 0 Å². The Morgan fingerprint density at radius 2 is 2.12 bits per heavy atom. The van der Waals surface area contributed by atoms with E-state index in [-0.39, 0.29) is 5.84 Å². The Kier molecular flexibility index (Phi) is 5.74. The minimum absolute atomic E-state index is 0.135. The van der Waals surface area contributed by atoms with Crippen molar-refractivity contribution in [3.63, 3.8) is 0 Å². The predicted octanol–water partition coefficient (Wildman–Crippen LogP) is 1.91. The van der Waals surface area contributed by atoms with Crippen molar-refractivity contribution in [1.82, 2.24) is 0 Å². The average molecular weight is 240 g/mol. The van der Waals surface area contributed by atoms with Crippen LogP contribution in [0.3, 0.4) is 0 Å². The highest BCUT2D eigenvalue weighted by Gasteiger charge is 1.99. The fourth-order valence-electron chi connectivity index (χ4n) is 1.17. The van der Waals surface area contributed by atoms with Gasteiger partial charge in [0, 0.05) is 29.9 Å². The van der Waals surface area contributed by atoms with Gasteiger partial charge in [-0.2, -0.15) is 0 Å². The molecule has 0 aromatic heterocycles. The van der Waals surface area contributed by atoms with E-state index >= 15 is 0 Å². The van der Waals surface area contributed by atoms with Gasteiger partial charge in [0.2, 0.25) is 0 Å². The molecular weight excluding hydrogens is 224 g/mol. The van der Waals surface area contributed by atoms with E-state index in [2.05, 4.69) is 5.16 Å². The average Bonchev–Trinajstić information content (AvgIpc) is 2.34. The molecule has 0 amide bonds. The number of amidine groups is 1. The third-order valence-electron chi connectivity index (χ3n) is 2.02.